The number of nitrogens with zero attached hydrogens (tertiary/aromatic N) is 2. The Labute approximate surface area is 85.9 Å². The van der Waals surface area contributed by atoms with E-state index in [9.17, 15) is 4.79 Å². The first-order valence-electron chi connectivity index (χ1n) is 5.01. The number of urea groups is 1. The minimum absolute atomic E-state index is 0.138. The van der Waals surface area contributed by atoms with Crippen LogP contribution in [0.1, 0.15) is 27.7 Å². The molecule has 80 valence electrons. The molecule has 1 unspecified atom stereocenters. The monoisotopic (exact) mass is 197 g/mol. The molecule has 0 aliphatic heterocycles. The van der Waals surface area contributed by atoms with E-state index in [-0.39, 0.29) is 11.9 Å². The summed E-state index contributed by atoms with van der Waals surface area (Å²) in [5.74, 6) is 0.138. The molecule has 2 amide bonds. The van der Waals surface area contributed by atoms with Gasteiger partial charge < -0.3 is 10.2 Å². The van der Waals surface area contributed by atoms with Crippen LogP contribution in [0.2, 0.25) is 0 Å². The van der Waals surface area contributed by atoms with Crippen LogP contribution in [-0.2, 0) is 0 Å². The molecule has 0 rings (SSSR count). The Morgan fingerprint density at radius 2 is 1.93 bits per heavy atom. The van der Waals surface area contributed by atoms with Crippen molar-refractivity contribution >= 4 is 6.03 Å². The summed E-state index contributed by atoms with van der Waals surface area (Å²) < 4.78 is 0. The zero-order valence-corrected chi connectivity index (χ0v) is 9.37. The van der Waals surface area contributed by atoms with Crippen molar-refractivity contribution in [3.63, 3.8) is 0 Å². The maximum absolute atomic E-state index is 11.5. The fourth-order valence-electron chi connectivity index (χ4n) is 1.08. The van der Waals surface area contributed by atoms with Crippen molar-refractivity contribution in [1.82, 2.24) is 10.2 Å². The Hall–Kier alpha value is -1.24. The lowest BCUT2D eigenvalue weighted by Crippen LogP contribution is -2.46. The first-order chi connectivity index (χ1) is 6.56. The molecule has 0 aromatic rings. The normalized spacial score (nSPS) is 12.0. The predicted octanol–water partition coefficient (Wildman–Crippen LogP) is 1.59. The number of rotatable bonds is 4. The van der Waals surface area contributed by atoms with Gasteiger partial charge in [-0.25, -0.2) is 4.79 Å². The molecule has 4 heteroatoms. The molecule has 0 saturated carbocycles. The molecule has 14 heavy (non-hydrogen) atoms. The molecule has 0 aliphatic rings. The number of hydrogen-bond acceptors (Lipinski definition) is 2. The van der Waals surface area contributed by atoms with Crippen LogP contribution in [0.5, 0.6) is 0 Å². The molecule has 0 heterocycles. The number of nitriles is 1. The average molecular weight is 197 g/mol. The fourth-order valence-corrected chi connectivity index (χ4v) is 1.08. The molecular formula is C10H19N3O. The van der Waals surface area contributed by atoms with Gasteiger partial charge in [0.25, 0.3) is 0 Å². The van der Waals surface area contributed by atoms with E-state index in [0.29, 0.717) is 13.1 Å². The van der Waals surface area contributed by atoms with Crippen molar-refractivity contribution in [2.24, 2.45) is 5.92 Å². The molecule has 0 spiro atoms. The van der Waals surface area contributed by atoms with Gasteiger partial charge in [0.1, 0.15) is 6.04 Å². The standard InChI is InChI=1S/C10H19N3O/c1-5-13(6-2)10(14)12-9(7-11)8(3)4/h8-9H,5-6H2,1-4H3,(H,12,14). The molecule has 0 radical (unpaired) electrons. The van der Waals surface area contributed by atoms with Gasteiger partial charge in [-0.2, -0.15) is 5.26 Å². The third kappa shape index (κ3) is 3.65. The van der Waals surface area contributed by atoms with Gasteiger partial charge in [0.05, 0.1) is 6.07 Å². The maximum atomic E-state index is 11.5. The predicted molar refractivity (Wildman–Crippen MR) is 55.7 cm³/mol. The van der Waals surface area contributed by atoms with Crippen molar-refractivity contribution in [2.45, 2.75) is 33.7 Å². The lowest BCUT2D eigenvalue weighted by atomic mass is 10.1. The van der Waals surface area contributed by atoms with E-state index >= 15 is 0 Å². The molecule has 0 aromatic carbocycles. The van der Waals surface area contributed by atoms with Gasteiger partial charge in [-0.1, -0.05) is 13.8 Å². The Balaban J connectivity index is 4.23. The minimum atomic E-state index is -0.400. The topological polar surface area (TPSA) is 56.1 Å². The van der Waals surface area contributed by atoms with Crippen molar-refractivity contribution in [2.75, 3.05) is 13.1 Å². The van der Waals surface area contributed by atoms with E-state index in [0.717, 1.165) is 0 Å². The summed E-state index contributed by atoms with van der Waals surface area (Å²) in [6, 6.07) is 1.52. The quantitative estimate of drug-likeness (QED) is 0.744. The van der Waals surface area contributed by atoms with Gasteiger partial charge in [0.2, 0.25) is 0 Å². The molecular weight excluding hydrogens is 178 g/mol. The second-order valence-electron chi connectivity index (χ2n) is 3.47. The largest absolute Gasteiger partial charge is 0.325 e. The molecule has 1 N–H and O–H groups in total. The minimum Gasteiger partial charge on any atom is -0.325 e. The highest BCUT2D eigenvalue weighted by Crippen LogP contribution is 2.01. The Morgan fingerprint density at radius 3 is 2.21 bits per heavy atom. The van der Waals surface area contributed by atoms with Crippen LogP contribution < -0.4 is 5.32 Å². The summed E-state index contributed by atoms with van der Waals surface area (Å²) in [6.45, 7) is 8.99. The number of carbonyl (C=O) groups excluding carboxylic acids is 1. The highest BCUT2D eigenvalue weighted by Gasteiger charge is 2.17. The second kappa shape index (κ2) is 6.25. The average Bonchev–Trinajstić information content (AvgIpc) is 2.15. The Kier molecular flexibility index (Phi) is 5.70. The highest BCUT2D eigenvalue weighted by atomic mass is 16.2. The Morgan fingerprint density at radius 1 is 1.43 bits per heavy atom. The van der Waals surface area contributed by atoms with Crippen LogP contribution >= 0.6 is 0 Å². The van der Waals surface area contributed by atoms with Gasteiger partial charge >= 0.3 is 6.03 Å². The lowest BCUT2D eigenvalue weighted by molar-refractivity contribution is 0.199. The maximum Gasteiger partial charge on any atom is 0.318 e. The molecule has 0 aliphatic carbocycles. The SMILES string of the molecule is CCN(CC)C(=O)NC(C#N)C(C)C. The zero-order chi connectivity index (χ0) is 11.1. The van der Waals surface area contributed by atoms with Gasteiger partial charge in [0.15, 0.2) is 0 Å². The fraction of sp³-hybridized carbons (Fsp3) is 0.800. The van der Waals surface area contributed by atoms with Gasteiger partial charge in [-0.3, -0.25) is 0 Å². The number of hydrogen-bond donors (Lipinski definition) is 1. The van der Waals surface area contributed by atoms with E-state index in [1.807, 2.05) is 27.7 Å². The van der Waals surface area contributed by atoms with E-state index < -0.39 is 6.04 Å². The summed E-state index contributed by atoms with van der Waals surface area (Å²) in [4.78, 5) is 13.2. The molecule has 1 atom stereocenters. The number of carbonyl (C=O) groups is 1. The molecule has 4 nitrogen and oxygen atoms in total. The summed E-state index contributed by atoms with van der Waals surface area (Å²) in [7, 11) is 0. The van der Waals surface area contributed by atoms with Crippen molar-refractivity contribution in [3.8, 4) is 6.07 Å². The first-order valence-corrected chi connectivity index (χ1v) is 5.01. The van der Waals surface area contributed by atoms with Crippen LogP contribution in [-0.4, -0.2) is 30.1 Å². The van der Waals surface area contributed by atoms with Crippen LogP contribution in [0.3, 0.4) is 0 Å². The molecule has 0 aromatic heterocycles. The smallest absolute Gasteiger partial charge is 0.318 e. The van der Waals surface area contributed by atoms with Crippen LogP contribution in [0.25, 0.3) is 0 Å². The summed E-state index contributed by atoms with van der Waals surface area (Å²) in [5, 5.41) is 11.5. The van der Waals surface area contributed by atoms with E-state index in [1.54, 1.807) is 4.90 Å². The highest BCUT2D eigenvalue weighted by molar-refractivity contribution is 5.74. The van der Waals surface area contributed by atoms with Crippen LogP contribution in [0.15, 0.2) is 0 Å². The summed E-state index contributed by atoms with van der Waals surface area (Å²) >= 11 is 0. The van der Waals surface area contributed by atoms with E-state index in [2.05, 4.69) is 11.4 Å². The van der Waals surface area contributed by atoms with Crippen molar-refractivity contribution < 1.29 is 4.79 Å². The first kappa shape index (κ1) is 12.8. The van der Waals surface area contributed by atoms with Gasteiger partial charge in [-0.15, -0.1) is 0 Å². The van der Waals surface area contributed by atoms with Crippen molar-refractivity contribution in [3.05, 3.63) is 0 Å². The summed E-state index contributed by atoms with van der Waals surface area (Å²) in [6.07, 6.45) is 0. The van der Waals surface area contributed by atoms with Gasteiger partial charge in [-0.05, 0) is 19.8 Å². The molecule has 0 fully saturated rings. The van der Waals surface area contributed by atoms with Gasteiger partial charge in [0, 0.05) is 13.1 Å². The van der Waals surface area contributed by atoms with E-state index in [1.165, 1.54) is 0 Å². The number of nitrogens with one attached hydrogen (secondary N) is 1. The van der Waals surface area contributed by atoms with Crippen molar-refractivity contribution in [1.29, 1.82) is 5.26 Å². The molecule has 0 bridgehead atoms. The third-order valence-corrected chi connectivity index (χ3v) is 2.14. The Bertz CT molecular complexity index is 216. The summed E-state index contributed by atoms with van der Waals surface area (Å²) in [5.41, 5.74) is 0. The lowest BCUT2D eigenvalue weighted by Gasteiger charge is -2.22. The van der Waals surface area contributed by atoms with Crippen LogP contribution in [0.4, 0.5) is 4.79 Å². The molecule has 0 saturated heterocycles. The third-order valence-electron chi connectivity index (χ3n) is 2.14. The van der Waals surface area contributed by atoms with Crippen LogP contribution in [0, 0.1) is 17.2 Å². The second-order valence-corrected chi connectivity index (χ2v) is 3.47. The number of amides is 2. The zero-order valence-electron chi connectivity index (χ0n) is 9.37. The van der Waals surface area contributed by atoms with E-state index in [4.69, 9.17) is 5.26 Å².